The molecule has 2 aromatic carbocycles. The van der Waals surface area contributed by atoms with Crippen LogP contribution in [0, 0.1) is 5.82 Å². The molecule has 0 heterocycles. The van der Waals surface area contributed by atoms with Crippen molar-refractivity contribution in [2.75, 3.05) is 13.7 Å². The Labute approximate surface area is 140 Å². The molecule has 0 fully saturated rings. The van der Waals surface area contributed by atoms with Gasteiger partial charge in [0.15, 0.2) is 11.6 Å². The van der Waals surface area contributed by atoms with Crippen molar-refractivity contribution in [3.63, 3.8) is 0 Å². The Morgan fingerprint density at radius 1 is 1.21 bits per heavy atom. The number of hydrogen-bond acceptors (Lipinski definition) is 3. The quantitative estimate of drug-likeness (QED) is 0.776. The highest BCUT2D eigenvalue weighted by atomic mass is 19.1. The summed E-state index contributed by atoms with van der Waals surface area (Å²) in [5.41, 5.74) is 1.68. The molecule has 1 amide bonds. The number of carbonyl (C=O) groups excluding carboxylic acids is 1. The third-order valence-corrected chi connectivity index (χ3v) is 3.28. The van der Waals surface area contributed by atoms with E-state index in [1.807, 2.05) is 36.4 Å². The molecule has 2 rings (SSSR count). The Morgan fingerprint density at radius 3 is 2.71 bits per heavy atom. The first-order valence-corrected chi connectivity index (χ1v) is 7.63. The molecule has 0 aromatic heterocycles. The van der Waals surface area contributed by atoms with Crippen molar-refractivity contribution in [2.45, 2.75) is 13.0 Å². The predicted octanol–water partition coefficient (Wildman–Crippen LogP) is 4.16. The molecule has 0 saturated carbocycles. The van der Waals surface area contributed by atoms with Crippen LogP contribution in [-0.4, -0.2) is 19.7 Å². The van der Waals surface area contributed by atoms with Crippen molar-refractivity contribution >= 4 is 12.2 Å². The highest BCUT2D eigenvalue weighted by Gasteiger charge is 2.02. The molecule has 2 aromatic rings. The normalized spacial score (nSPS) is 10.6. The van der Waals surface area contributed by atoms with Gasteiger partial charge in [-0.15, -0.1) is 0 Å². The SMILES string of the molecule is COc1ccc(C=CCCNC(=O)OCc2ccccc2)cc1F. The molecule has 0 aliphatic rings. The molecule has 126 valence electrons. The zero-order chi connectivity index (χ0) is 17.2. The van der Waals surface area contributed by atoms with Crippen LogP contribution in [0.3, 0.4) is 0 Å². The zero-order valence-corrected chi connectivity index (χ0v) is 13.5. The summed E-state index contributed by atoms with van der Waals surface area (Å²) in [6.07, 6.45) is 3.81. The summed E-state index contributed by atoms with van der Waals surface area (Å²) in [6, 6.07) is 14.2. The molecule has 0 aliphatic heterocycles. The summed E-state index contributed by atoms with van der Waals surface area (Å²) >= 11 is 0. The molecule has 4 nitrogen and oxygen atoms in total. The average Bonchev–Trinajstić information content (AvgIpc) is 2.61. The minimum Gasteiger partial charge on any atom is -0.494 e. The zero-order valence-electron chi connectivity index (χ0n) is 13.5. The van der Waals surface area contributed by atoms with Crippen LogP contribution in [-0.2, 0) is 11.3 Å². The number of hydrogen-bond donors (Lipinski definition) is 1. The van der Waals surface area contributed by atoms with Crippen molar-refractivity contribution in [3.05, 3.63) is 71.6 Å². The van der Waals surface area contributed by atoms with Gasteiger partial charge < -0.3 is 14.8 Å². The van der Waals surface area contributed by atoms with Crippen molar-refractivity contribution in [2.24, 2.45) is 0 Å². The van der Waals surface area contributed by atoms with Crippen LogP contribution in [0.2, 0.25) is 0 Å². The monoisotopic (exact) mass is 329 g/mol. The van der Waals surface area contributed by atoms with Crippen LogP contribution in [0.1, 0.15) is 17.5 Å². The number of nitrogens with one attached hydrogen (secondary N) is 1. The molecule has 1 N–H and O–H groups in total. The Bertz CT molecular complexity index is 686. The fourth-order valence-electron chi connectivity index (χ4n) is 2.04. The standard InChI is InChI=1S/C19H20FNO3/c1-23-18-11-10-15(13-17(18)20)7-5-6-12-21-19(22)24-14-16-8-3-2-4-9-16/h2-5,7-11,13H,6,12,14H2,1H3,(H,21,22). The first-order valence-electron chi connectivity index (χ1n) is 7.63. The van der Waals surface area contributed by atoms with E-state index in [4.69, 9.17) is 9.47 Å². The first-order chi connectivity index (χ1) is 11.7. The van der Waals surface area contributed by atoms with Gasteiger partial charge in [-0.2, -0.15) is 0 Å². The molecule has 0 atom stereocenters. The number of halogens is 1. The Kier molecular flexibility index (Phi) is 6.83. The first kappa shape index (κ1) is 17.5. The number of alkyl carbamates (subject to hydrolysis) is 1. The average molecular weight is 329 g/mol. The van der Waals surface area contributed by atoms with E-state index in [1.54, 1.807) is 18.2 Å². The van der Waals surface area contributed by atoms with E-state index in [9.17, 15) is 9.18 Å². The highest BCUT2D eigenvalue weighted by molar-refractivity contribution is 5.67. The van der Waals surface area contributed by atoms with E-state index in [0.717, 1.165) is 11.1 Å². The van der Waals surface area contributed by atoms with Crippen molar-refractivity contribution in [1.29, 1.82) is 0 Å². The van der Waals surface area contributed by atoms with E-state index in [1.165, 1.54) is 13.2 Å². The van der Waals surface area contributed by atoms with Crippen molar-refractivity contribution < 1.29 is 18.7 Å². The third-order valence-electron chi connectivity index (χ3n) is 3.28. The second-order valence-electron chi connectivity index (χ2n) is 5.07. The van der Waals surface area contributed by atoms with Crippen LogP contribution in [0.15, 0.2) is 54.6 Å². The summed E-state index contributed by atoms with van der Waals surface area (Å²) in [7, 11) is 1.43. The molecule has 5 heteroatoms. The maximum Gasteiger partial charge on any atom is 0.407 e. The van der Waals surface area contributed by atoms with Gasteiger partial charge in [-0.05, 0) is 29.7 Å². The molecule has 0 radical (unpaired) electrons. The molecule has 0 saturated heterocycles. The molecular formula is C19H20FNO3. The van der Waals surface area contributed by atoms with Crippen LogP contribution < -0.4 is 10.1 Å². The Morgan fingerprint density at radius 2 is 2.00 bits per heavy atom. The lowest BCUT2D eigenvalue weighted by molar-refractivity contribution is 0.140. The second-order valence-corrected chi connectivity index (χ2v) is 5.07. The van der Waals surface area contributed by atoms with Gasteiger partial charge in [0.1, 0.15) is 6.61 Å². The number of rotatable bonds is 7. The number of amides is 1. The van der Waals surface area contributed by atoms with Gasteiger partial charge >= 0.3 is 6.09 Å². The van der Waals surface area contributed by atoms with Crippen LogP contribution in [0.25, 0.3) is 6.08 Å². The number of benzene rings is 2. The van der Waals surface area contributed by atoms with Crippen LogP contribution >= 0.6 is 0 Å². The summed E-state index contributed by atoms with van der Waals surface area (Å²) in [6.45, 7) is 0.691. The lowest BCUT2D eigenvalue weighted by atomic mass is 10.2. The van der Waals surface area contributed by atoms with E-state index < -0.39 is 11.9 Å². The van der Waals surface area contributed by atoms with Gasteiger partial charge in [-0.25, -0.2) is 9.18 Å². The number of carbonyl (C=O) groups is 1. The van der Waals surface area contributed by atoms with Gasteiger partial charge in [0.05, 0.1) is 7.11 Å². The molecule has 0 spiro atoms. The minimum absolute atomic E-state index is 0.218. The van der Waals surface area contributed by atoms with Gasteiger partial charge in [-0.1, -0.05) is 48.6 Å². The summed E-state index contributed by atoms with van der Waals surface area (Å²) in [5, 5.41) is 2.66. The molecule has 0 aliphatic carbocycles. The largest absolute Gasteiger partial charge is 0.494 e. The third kappa shape index (κ3) is 5.76. The molecule has 24 heavy (non-hydrogen) atoms. The lowest BCUT2D eigenvalue weighted by Gasteiger charge is -2.06. The Hall–Kier alpha value is -2.82. The predicted molar refractivity (Wildman–Crippen MR) is 91.2 cm³/mol. The summed E-state index contributed by atoms with van der Waals surface area (Å²) < 4.78 is 23.5. The van der Waals surface area contributed by atoms with Crippen molar-refractivity contribution in [3.8, 4) is 5.75 Å². The van der Waals surface area contributed by atoms with E-state index in [-0.39, 0.29) is 12.4 Å². The van der Waals surface area contributed by atoms with Gasteiger partial charge in [0.2, 0.25) is 0 Å². The number of methoxy groups -OCH3 is 1. The topological polar surface area (TPSA) is 47.6 Å². The maximum absolute atomic E-state index is 13.5. The fourth-order valence-corrected chi connectivity index (χ4v) is 2.04. The summed E-state index contributed by atoms with van der Waals surface area (Å²) in [5.74, 6) is -0.183. The lowest BCUT2D eigenvalue weighted by Crippen LogP contribution is -2.24. The van der Waals surface area contributed by atoms with E-state index in [2.05, 4.69) is 5.32 Å². The molecule has 0 bridgehead atoms. The molecule has 0 unspecified atom stereocenters. The fraction of sp³-hybridized carbons (Fsp3) is 0.211. The van der Waals surface area contributed by atoms with E-state index in [0.29, 0.717) is 13.0 Å². The second kappa shape index (κ2) is 9.35. The van der Waals surface area contributed by atoms with Crippen LogP contribution in [0.4, 0.5) is 9.18 Å². The number of ether oxygens (including phenoxy) is 2. The van der Waals surface area contributed by atoms with E-state index >= 15 is 0 Å². The van der Waals surface area contributed by atoms with Gasteiger partial charge in [0, 0.05) is 6.54 Å². The minimum atomic E-state index is -0.456. The van der Waals surface area contributed by atoms with Gasteiger partial charge in [0.25, 0.3) is 0 Å². The van der Waals surface area contributed by atoms with Gasteiger partial charge in [-0.3, -0.25) is 0 Å². The summed E-state index contributed by atoms with van der Waals surface area (Å²) in [4.78, 5) is 11.5. The highest BCUT2D eigenvalue weighted by Crippen LogP contribution is 2.18. The maximum atomic E-state index is 13.5. The Balaban J connectivity index is 1.66. The smallest absolute Gasteiger partial charge is 0.407 e. The van der Waals surface area contributed by atoms with Crippen LogP contribution in [0.5, 0.6) is 5.75 Å². The molecular weight excluding hydrogens is 309 g/mol. The van der Waals surface area contributed by atoms with Crippen molar-refractivity contribution in [1.82, 2.24) is 5.32 Å².